The lowest BCUT2D eigenvalue weighted by atomic mass is 10.2. The summed E-state index contributed by atoms with van der Waals surface area (Å²) in [6.07, 6.45) is 1.52. The van der Waals surface area contributed by atoms with E-state index < -0.39 is 0 Å². The maximum Gasteiger partial charge on any atom is 0.272 e. The molecule has 25 heavy (non-hydrogen) atoms. The standard InChI is InChI=1S/C18H19N5O2/c1-12-9-17(24)23(21-12)16-8-7-14(11-19-16)20-18(25)13-5-4-6-15(10-13)22(2)3/h4-11,21H,1-3H3,(H,20,25). The molecule has 7 nitrogen and oxygen atoms in total. The quantitative estimate of drug-likeness (QED) is 0.764. The van der Waals surface area contributed by atoms with E-state index in [1.165, 1.54) is 16.9 Å². The van der Waals surface area contributed by atoms with Crippen molar-refractivity contribution < 1.29 is 4.79 Å². The highest BCUT2D eigenvalue weighted by atomic mass is 16.1. The summed E-state index contributed by atoms with van der Waals surface area (Å²) in [5, 5.41) is 5.72. The minimum atomic E-state index is -0.217. The van der Waals surface area contributed by atoms with Gasteiger partial charge in [-0.1, -0.05) is 6.07 Å². The number of aromatic amines is 1. The molecule has 1 amide bonds. The van der Waals surface area contributed by atoms with Gasteiger partial charge in [-0.25, -0.2) is 9.67 Å². The second-order valence-electron chi connectivity index (χ2n) is 5.92. The van der Waals surface area contributed by atoms with Gasteiger partial charge < -0.3 is 10.2 Å². The SMILES string of the molecule is Cc1cc(=O)n(-c2ccc(NC(=O)c3cccc(N(C)C)c3)cn2)[nH]1. The zero-order valence-corrected chi connectivity index (χ0v) is 14.3. The van der Waals surface area contributed by atoms with Crippen molar-refractivity contribution in [1.82, 2.24) is 14.8 Å². The van der Waals surface area contributed by atoms with Gasteiger partial charge in [-0.15, -0.1) is 0 Å². The number of carbonyl (C=O) groups is 1. The molecular formula is C18H19N5O2. The van der Waals surface area contributed by atoms with Crippen LogP contribution in [0.3, 0.4) is 0 Å². The fraction of sp³-hybridized carbons (Fsp3) is 0.167. The van der Waals surface area contributed by atoms with Gasteiger partial charge in [0.15, 0.2) is 5.82 Å². The van der Waals surface area contributed by atoms with Crippen LogP contribution in [-0.4, -0.2) is 34.8 Å². The normalized spacial score (nSPS) is 10.5. The number of rotatable bonds is 4. The van der Waals surface area contributed by atoms with Crippen LogP contribution < -0.4 is 15.8 Å². The van der Waals surface area contributed by atoms with Gasteiger partial charge in [0.05, 0.1) is 11.9 Å². The first kappa shape index (κ1) is 16.5. The molecule has 0 saturated heterocycles. The van der Waals surface area contributed by atoms with Crippen molar-refractivity contribution >= 4 is 17.3 Å². The van der Waals surface area contributed by atoms with Crippen molar-refractivity contribution in [3.05, 3.63) is 70.3 Å². The van der Waals surface area contributed by atoms with E-state index in [4.69, 9.17) is 0 Å². The van der Waals surface area contributed by atoms with Crippen molar-refractivity contribution in [1.29, 1.82) is 0 Å². The zero-order chi connectivity index (χ0) is 18.0. The minimum Gasteiger partial charge on any atom is -0.378 e. The molecule has 7 heteroatoms. The smallest absolute Gasteiger partial charge is 0.272 e. The first-order valence-corrected chi connectivity index (χ1v) is 7.78. The third-order valence-electron chi connectivity index (χ3n) is 3.71. The molecule has 2 heterocycles. The average molecular weight is 337 g/mol. The molecule has 0 fully saturated rings. The monoisotopic (exact) mass is 337 g/mol. The zero-order valence-electron chi connectivity index (χ0n) is 14.3. The van der Waals surface area contributed by atoms with Gasteiger partial charge >= 0.3 is 0 Å². The summed E-state index contributed by atoms with van der Waals surface area (Å²) in [5.41, 5.74) is 2.64. The van der Waals surface area contributed by atoms with Crippen molar-refractivity contribution in [2.24, 2.45) is 0 Å². The van der Waals surface area contributed by atoms with Crippen molar-refractivity contribution in [3.63, 3.8) is 0 Å². The first-order valence-electron chi connectivity index (χ1n) is 7.78. The molecule has 0 saturated carbocycles. The Morgan fingerprint density at radius 2 is 2.00 bits per heavy atom. The summed E-state index contributed by atoms with van der Waals surface area (Å²) in [4.78, 5) is 30.3. The molecule has 0 atom stereocenters. The Balaban J connectivity index is 1.77. The van der Waals surface area contributed by atoms with Crippen LogP contribution in [0.4, 0.5) is 11.4 Å². The van der Waals surface area contributed by atoms with Crippen LogP contribution in [0.1, 0.15) is 16.1 Å². The maximum atomic E-state index is 12.4. The molecule has 2 N–H and O–H groups in total. The Morgan fingerprint density at radius 3 is 2.60 bits per heavy atom. The van der Waals surface area contributed by atoms with Gasteiger partial charge in [-0.2, -0.15) is 0 Å². The number of anilines is 2. The molecule has 0 bridgehead atoms. The molecule has 0 aliphatic heterocycles. The second kappa shape index (κ2) is 6.64. The predicted octanol–water partition coefficient (Wildman–Crippen LogP) is 2.19. The molecular weight excluding hydrogens is 318 g/mol. The van der Waals surface area contributed by atoms with Crippen LogP contribution in [0.2, 0.25) is 0 Å². The van der Waals surface area contributed by atoms with Crippen molar-refractivity contribution in [2.75, 3.05) is 24.3 Å². The highest BCUT2D eigenvalue weighted by Crippen LogP contribution is 2.15. The molecule has 2 aromatic heterocycles. The molecule has 0 aliphatic carbocycles. The fourth-order valence-corrected chi connectivity index (χ4v) is 2.40. The molecule has 0 aliphatic rings. The minimum absolute atomic E-state index is 0.178. The van der Waals surface area contributed by atoms with Crippen LogP contribution in [-0.2, 0) is 0 Å². The molecule has 1 aromatic carbocycles. The highest BCUT2D eigenvalue weighted by Gasteiger charge is 2.09. The Hall–Kier alpha value is -3.35. The number of nitrogens with zero attached hydrogens (tertiary/aromatic N) is 3. The number of carbonyl (C=O) groups excluding carboxylic acids is 1. The number of hydrogen-bond acceptors (Lipinski definition) is 4. The van der Waals surface area contributed by atoms with Crippen LogP contribution in [0.5, 0.6) is 0 Å². The Bertz CT molecular complexity index is 954. The fourth-order valence-electron chi connectivity index (χ4n) is 2.40. The van der Waals surface area contributed by atoms with E-state index in [9.17, 15) is 9.59 Å². The van der Waals surface area contributed by atoms with Crippen LogP contribution >= 0.6 is 0 Å². The Morgan fingerprint density at radius 1 is 1.20 bits per heavy atom. The summed E-state index contributed by atoms with van der Waals surface area (Å²) < 4.78 is 1.35. The predicted molar refractivity (Wildman–Crippen MR) is 97.6 cm³/mol. The molecule has 3 aromatic rings. The number of aromatic nitrogens is 3. The maximum absolute atomic E-state index is 12.4. The van der Waals surface area contributed by atoms with Gasteiger partial charge in [0.25, 0.3) is 11.5 Å². The molecule has 0 radical (unpaired) electrons. The Kier molecular flexibility index (Phi) is 4.38. The summed E-state index contributed by atoms with van der Waals surface area (Å²) in [6, 6.07) is 12.2. The van der Waals surface area contributed by atoms with E-state index in [1.807, 2.05) is 37.2 Å². The third-order valence-corrected chi connectivity index (χ3v) is 3.71. The number of pyridine rings is 1. The van der Waals surface area contributed by atoms with E-state index in [0.29, 0.717) is 17.1 Å². The van der Waals surface area contributed by atoms with Crippen LogP contribution in [0.15, 0.2) is 53.5 Å². The average Bonchev–Trinajstić information content (AvgIpc) is 2.94. The van der Waals surface area contributed by atoms with E-state index in [1.54, 1.807) is 25.1 Å². The van der Waals surface area contributed by atoms with Crippen molar-refractivity contribution in [2.45, 2.75) is 6.92 Å². The summed E-state index contributed by atoms with van der Waals surface area (Å²) in [5.74, 6) is 0.247. The molecule has 3 rings (SSSR count). The van der Waals surface area contributed by atoms with Crippen LogP contribution in [0, 0.1) is 6.92 Å². The van der Waals surface area contributed by atoms with Crippen LogP contribution in [0.25, 0.3) is 5.82 Å². The van der Waals surface area contributed by atoms with Gasteiger partial charge in [-0.3, -0.25) is 14.7 Å². The topological polar surface area (TPSA) is 83.0 Å². The number of nitrogens with one attached hydrogen (secondary N) is 2. The lowest BCUT2D eigenvalue weighted by molar-refractivity contribution is 0.102. The highest BCUT2D eigenvalue weighted by molar-refractivity contribution is 6.04. The number of benzene rings is 1. The van der Waals surface area contributed by atoms with E-state index in [0.717, 1.165) is 11.4 Å². The lowest BCUT2D eigenvalue weighted by Gasteiger charge is -2.13. The van der Waals surface area contributed by atoms with E-state index in [2.05, 4.69) is 15.4 Å². The summed E-state index contributed by atoms with van der Waals surface area (Å²) in [7, 11) is 3.84. The first-order chi connectivity index (χ1) is 11.9. The van der Waals surface area contributed by atoms with Crippen molar-refractivity contribution in [3.8, 4) is 5.82 Å². The third kappa shape index (κ3) is 3.60. The van der Waals surface area contributed by atoms with Gasteiger partial charge in [0, 0.05) is 37.1 Å². The number of H-pyrrole nitrogens is 1. The van der Waals surface area contributed by atoms with Gasteiger partial charge in [0.2, 0.25) is 0 Å². The summed E-state index contributed by atoms with van der Waals surface area (Å²) >= 11 is 0. The lowest BCUT2D eigenvalue weighted by Crippen LogP contribution is -2.16. The van der Waals surface area contributed by atoms with Gasteiger partial charge in [0.1, 0.15) is 0 Å². The number of hydrogen-bond donors (Lipinski definition) is 2. The number of amides is 1. The molecule has 0 unspecified atom stereocenters. The number of aryl methyl sites for hydroxylation is 1. The molecule has 128 valence electrons. The van der Waals surface area contributed by atoms with Gasteiger partial charge in [-0.05, 0) is 37.3 Å². The van der Waals surface area contributed by atoms with E-state index >= 15 is 0 Å². The largest absolute Gasteiger partial charge is 0.378 e. The molecule has 0 spiro atoms. The Labute approximate surface area is 144 Å². The van der Waals surface area contributed by atoms with E-state index in [-0.39, 0.29) is 11.5 Å². The second-order valence-corrected chi connectivity index (χ2v) is 5.92. The summed E-state index contributed by atoms with van der Waals surface area (Å²) in [6.45, 7) is 1.80.